The van der Waals surface area contributed by atoms with E-state index in [1.807, 2.05) is 4.98 Å². The minimum absolute atomic E-state index is 0.287. The number of rotatable bonds is 1. The molecule has 0 saturated carbocycles. The van der Waals surface area contributed by atoms with Crippen molar-refractivity contribution in [1.29, 1.82) is 0 Å². The monoisotopic (exact) mass is 316 g/mol. The average molecular weight is 316 g/mol. The molecular weight excluding hydrogens is 309 g/mol. The van der Waals surface area contributed by atoms with Crippen molar-refractivity contribution in [2.75, 3.05) is 0 Å². The van der Waals surface area contributed by atoms with Crippen LogP contribution in [0.25, 0.3) is 10.9 Å². The van der Waals surface area contributed by atoms with E-state index in [-0.39, 0.29) is 11.6 Å². The standard InChI is InChI=1S/C12H7F3N2O5/c1-4-2-5-8(6(18)3-7(19)11(20)16-5)9(12(13,14)15)10(4)17(21)22/h2-3,19H,1H3,(H,16,20). The number of H-pyrrole nitrogens is 1. The summed E-state index contributed by atoms with van der Waals surface area (Å²) in [7, 11) is 0. The minimum Gasteiger partial charge on any atom is -0.503 e. The molecule has 116 valence electrons. The molecule has 0 aliphatic carbocycles. The van der Waals surface area contributed by atoms with Crippen LogP contribution in [-0.2, 0) is 6.18 Å². The second-order valence-corrected chi connectivity index (χ2v) is 4.44. The van der Waals surface area contributed by atoms with Crippen LogP contribution < -0.4 is 11.0 Å². The summed E-state index contributed by atoms with van der Waals surface area (Å²) < 4.78 is 39.7. The lowest BCUT2D eigenvalue weighted by Gasteiger charge is -2.11. The lowest BCUT2D eigenvalue weighted by atomic mass is 10.0. The number of alkyl halides is 3. The molecule has 7 nitrogen and oxygen atoms in total. The van der Waals surface area contributed by atoms with Crippen LogP contribution in [0, 0.1) is 17.0 Å². The minimum atomic E-state index is -5.20. The van der Waals surface area contributed by atoms with Gasteiger partial charge in [0.2, 0.25) is 0 Å². The summed E-state index contributed by atoms with van der Waals surface area (Å²) in [5.41, 5.74) is -6.52. The summed E-state index contributed by atoms with van der Waals surface area (Å²) in [6.07, 6.45) is -5.20. The van der Waals surface area contributed by atoms with E-state index in [0.29, 0.717) is 0 Å². The largest absolute Gasteiger partial charge is 0.503 e. The number of benzene rings is 1. The Morgan fingerprint density at radius 3 is 2.36 bits per heavy atom. The van der Waals surface area contributed by atoms with E-state index in [0.717, 1.165) is 13.0 Å². The van der Waals surface area contributed by atoms with Crippen molar-refractivity contribution < 1.29 is 23.2 Å². The quantitative estimate of drug-likeness (QED) is 0.615. The number of fused-ring (bicyclic) bond motifs is 1. The summed E-state index contributed by atoms with van der Waals surface area (Å²) in [6, 6.07) is 1.17. The number of aromatic amines is 1. The summed E-state index contributed by atoms with van der Waals surface area (Å²) in [4.78, 5) is 34.9. The van der Waals surface area contributed by atoms with Crippen molar-refractivity contribution in [1.82, 2.24) is 4.98 Å². The van der Waals surface area contributed by atoms with Gasteiger partial charge in [-0.25, -0.2) is 0 Å². The number of nitrogens with one attached hydrogen (secondary N) is 1. The highest BCUT2D eigenvalue weighted by Crippen LogP contribution is 2.41. The molecule has 1 aromatic carbocycles. The summed E-state index contributed by atoms with van der Waals surface area (Å²) in [5, 5.41) is 19.1. The SMILES string of the molecule is Cc1cc2[nH]c(=O)c(O)cc(=O)c2c(C(F)(F)F)c1[N+](=O)[O-]. The predicted octanol–water partition coefficient (Wildman–Crippen LogP) is 1.83. The van der Waals surface area contributed by atoms with E-state index in [1.165, 1.54) is 0 Å². The number of aromatic nitrogens is 1. The van der Waals surface area contributed by atoms with Gasteiger partial charge in [-0.3, -0.25) is 19.7 Å². The van der Waals surface area contributed by atoms with Crippen LogP contribution >= 0.6 is 0 Å². The van der Waals surface area contributed by atoms with Gasteiger partial charge < -0.3 is 10.1 Å². The molecule has 0 radical (unpaired) electrons. The van der Waals surface area contributed by atoms with Crippen molar-refractivity contribution in [3.63, 3.8) is 0 Å². The van der Waals surface area contributed by atoms with E-state index < -0.39 is 50.0 Å². The van der Waals surface area contributed by atoms with E-state index in [1.54, 1.807) is 0 Å². The van der Waals surface area contributed by atoms with Crippen molar-refractivity contribution >= 4 is 16.6 Å². The van der Waals surface area contributed by atoms with Crippen molar-refractivity contribution in [2.24, 2.45) is 0 Å². The average Bonchev–Trinajstić information content (AvgIpc) is 2.44. The Kier molecular flexibility index (Phi) is 3.39. The highest BCUT2D eigenvalue weighted by molar-refractivity contribution is 5.87. The molecule has 0 saturated heterocycles. The van der Waals surface area contributed by atoms with Crippen molar-refractivity contribution in [3.8, 4) is 5.75 Å². The molecule has 0 aliphatic rings. The topological polar surface area (TPSA) is 113 Å². The van der Waals surface area contributed by atoms with Gasteiger partial charge in [0, 0.05) is 11.6 Å². The molecule has 2 rings (SSSR count). The van der Waals surface area contributed by atoms with Crippen LogP contribution in [0.15, 0.2) is 21.7 Å². The fourth-order valence-electron chi connectivity index (χ4n) is 2.12. The highest BCUT2D eigenvalue weighted by atomic mass is 19.4. The highest BCUT2D eigenvalue weighted by Gasteiger charge is 2.42. The zero-order valence-electron chi connectivity index (χ0n) is 10.8. The zero-order valence-corrected chi connectivity index (χ0v) is 10.8. The number of nitro groups is 1. The molecule has 0 spiro atoms. The number of hydrogen-bond donors (Lipinski definition) is 2. The van der Waals surface area contributed by atoms with Crippen LogP contribution in [0.2, 0.25) is 0 Å². The molecule has 2 aromatic rings. The Bertz CT molecular complexity index is 918. The lowest BCUT2D eigenvalue weighted by molar-refractivity contribution is -0.388. The number of hydrogen-bond acceptors (Lipinski definition) is 5. The Morgan fingerprint density at radius 2 is 1.86 bits per heavy atom. The number of nitrogens with zero attached hydrogens (tertiary/aromatic N) is 1. The Morgan fingerprint density at radius 1 is 1.27 bits per heavy atom. The normalized spacial score (nSPS) is 11.6. The predicted molar refractivity (Wildman–Crippen MR) is 68.9 cm³/mol. The van der Waals surface area contributed by atoms with Crippen LogP contribution in [0.4, 0.5) is 18.9 Å². The first-order chi connectivity index (χ1) is 10.0. The molecule has 1 aromatic heterocycles. The third-order valence-electron chi connectivity index (χ3n) is 2.95. The Balaban J connectivity index is 3.27. The van der Waals surface area contributed by atoms with Crippen LogP contribution in [0.5, 0.6) is 5.75 Å². The van der Waals surface area contributed by atoms with E-state index in [4.69, 9.17) is 0 Å². The smallest absolute Gasteiger partial charge is 0.423 e. The maximum absolute atomic E-state index is 13.2. The molecule has 10 heteroatoms. The van der Waals surface area contributed by atoms with Gasteiger partial charge in [0.1, 0.15) is 5.56 Å². The lowest BCUT2D eigenvalue weighted by Crippen LogP contribution is -2.15. The molecule has 0 fully saturated rings. The molecule has 2 N–H and O–H groups in total. The third kappa shape index (κ3) is 2.38. The second-order valence-electron chi connectivity index (χ2n) is 4.44. The fourth-order valence-corrected chi connectivity index (χ4v) is 2.12. The van der Waals surface area contributed by atoms with Crippen LogP contribution in [-0.4, -0.2) is 15.0 Å². The maximum Gasteiger partial charge on any atom is 0.423 e. The Hall–Kier alpha value is -2.91. The first kappa shape index (κ1) is 15.5. The number of aryl methyl sites for hydroxylation is 1. The van der Waals surface area contributed by atoms with Gasteiger partial charge in [0.25, 0.3) is 11.2 Å². The first-order valence-corrected chi connectivity index (χ1v) is 5.69. The molecule has 0 atom stereocenters. The molecule has 0 amide bonds. The van der Waals surface area contributed by atoms with Gasteiger partial charge >= 0.3 is 6.18 Å². The van der Waals surface area contributed by atoms with E-state index >= 15 is 0 Å². The van der Waals surface area contributed by atoms with Gasteiger partial charge in [-0.2, -0.15) is 13.2 Å². The summed E-state index contributed by atoms with van der Waals surface area (Å²) >= 11 is 0. The summed E-state index contributed by atoms with van der Waals surface area (Å²) in [5.74, 6) is -1.09. The van der Waals surface area contributed by atoms with Crippen LogP contribution in [0.3, 0.4) is 0 Å². The van der Waals surface area contributed by atoms with Gasteiger partial charge in [0.15, 0.2) is 11.2 Å². The maximum atomic E-state index is 13.2. The zero-order chi connectivity index (χ0) is 16.8. The van der Waals surface area contributed by atoms with Gasteiger partial charge in [-0.1, -0.05) is 0 Å². The number of halogens is 3. The van der Waals surface area contributed by atoms with Gasteiger partial charge in [0.05, 0.1) is 15.8 Å². The summed E-state index contributed by atoms with van der Waals surface area (Å²) in [6.45, 7) is 1.04. The number of nitro benzene ring substituents is 1. The van der Waals surface area contributed by atoms with Crippen LogP contribution in [0.1, 0.15) is 11.1 Å². The molecule has 1 heterocycles. The molecule has 22 heavy (non-hydrogen) atoms. The molecule has 0 unspecified atom stereocenters. The molecule has 0 bridgehead atoms. The fraction of sp³-hybridized carbons (Fsp3) is 0.167. The van der Waals surface area contributed by atoms with E-state index in [9.17, 15) is 38.0 Å². The molecular formula is C12H7F3N2O5. The number of aromatic hydroxyl groups is 1. The van der Waals surface area contributed by atoms with Gasteiger partial charge in [-0.15, -0.1) is 0 Å². The molecule has 0 aliphatic heterocycles. The van der Waals surface area contributed by atoms with Crippen molar-refractivity contribution in [2.45, 2.75) is 13.1 Å². The first-order valence-electron chi connectivity index (χ1n) is 5.69. The van der Waals surface area contributed by atoms with Crippen molar-refractivity contribution in [3.05, 3.63) is 54.0 Å². The van der Waals surface area contributed by atoms with E-state index in [2.05, 4.69) is 0 Å². The van der Waals surface area contributed by atoms with Gasteiger partial charge in [-0.05, 0) is 13.0 Å². The Labute approximate surface area is 118 Å². The second kappa shape index (κ2) is 4.83. The third-order valence-corrected chi connectivity index (χ3v) is 2.95.